The van der Waals surface area contributed by atoms with Crippen LogP contribution in [0.4, 0.5) is 4.39 Å². The van der Waals surface area contributed by atoms with E-state index in [1.807, 2.05) is 31.3 Å². The minimum Gasteiger partial charge on any atom is -0.507 e. The summed E-state index contributed by atoms with van der Waals surface area (Å²) < 4.78 is 20.3. The molecule has 1 aliphatic rings. The lowest BCUT2D eigenvalue weighted by atomic mass is 9.94. The molecule has 0 unspecified atom stereocenters. The smallest absolute Gasteiger partial charge is 0.295 e. The van der Waals surface area contributed by atoms with Crippen LogP contribution in [0.15, 0.2) is 78.5 Å². The van der Waals surface area contributed by atoms with E-state index in [4.69, 9.17) is 4.74 Å². The Hall–Kier alpha value is -4.39. The molecule has 5 rings (SSSR count). The maximum absolute atomic E-state index is 15.0. The normalized spacial score (nSPS) is 17.2. The zero-order valence-electron chi connectivity index (χ0n) is 19.9. The first-order valence-electron chi connectivity index (χ1n) is 11.6. The Balaban J connectivity index is 1.56. The number of nitrogens with one attached hydrogen (secondary N) is 1. The molecule has 182 valence electrons. The van der Waals surface area contributed by atoms with Gasteiger partial charge < -0.3 is 19.7 Å². The van der Waals surface area contributed by atoms with Crippen LogP contribution in [0.2, 0.25) is 0 Å². The van der Waals surface area contributed by atoms with Gasteiger partial charge in [-0.1, -0.05) is 48.0 Å². The van der Waals surface area contributed by atoms with Gasteiger partial charge in [0.25, 0.3) is 11.7 Å². The Morgan fingerprint density at radius 2 is 1.83 bits per heavy atom. The average Bonchev–Trinajstić information content (AvgIpc) is 3.40. The number of aromatic nitrogens is 1. The fourth-order valence-electron chi connectivity index (χ4n) is 4.73. The number of aliphatic hydroxyl groups excluding tert-OH is 1. The largest absolute Gasteiger partial charge is 0.507 e. The number of ketones is 1. The van der Waals surface area contributed by atoms with Gasteiger partial charge in [0.05, 0.1) is 18.7 Å². The molecule has 7 heteroatoms. The van der Waals surface area contributed by atoms with Crippen LogP contribution in [-0.4, -0.2) is 40.3 Å². The van der Waals surface area contributed by atoms with Crippen LogP contribution >= 0.6 is 0 Å². The van der Waals surface area contributed by atoms with Gasteiger partial charge in [0, 0.05) is 34.8 Å². The number of Topliss-reactive ketones (excluding diaryl/α,β-unsaturated/α-hetero) is 1. The number of aromatic amines is 1. The number of benzene rings is 3. The van der Waals surface area contributed by atoms with Crippen molar-refractivity contribution in [2.75, 3.05) is 13.7 Å². The highest BCUT2D eigenvalue weighted by atomic mass is 19.1. The van der Waals surface area contributed by atoms with Crippen molar-refractivity contribution in [1.29, 1.82) is 0 Å². The monoisotopic (exact) mass is 484 g/mol. The molecule has 1 saturated heterocycles. The summed E-state index contributed by atoms with van der Waals surface area (Å²) in [6, 6.07) is 17.6. The topological polar surface area (TPSA) is 82.6 Å². The third kappa shape index (κ3) is 4.02. The van der Waals surface area contributed by atoms with Crippen LogP contribution in [0, 0.1) is 12.7 Å². The number of amides is 1. The maximum atomic E-state index is 15.0. The lowest BCUT2D eigenvalue weighted by molar-refractivity contribution is -0.139. The summed E-state index contributed by atoms with van der Waals surface area (Å²) in [5.41, 5.74) is 3.26. The molecule has 1 aliphatic heterocycles. The Labute approximate surface area is 207 Å². The lowest BCUT2D eigenvalue weighted by Gasteiger charge is -2.25. The number of H-pyrrole nitrogens is 1. The Morgan fingerprint density at radius 1 is 1.08 bits per heavy atom. The number of nitrogens with zero attached hydrogens (tertiary/aromatic N) is 1. The third-order valence-electron chi connectivity index (χ3n) is 6.66. The summed E-state index contributed by atoms with van der Waals surface area (Å²) >= 11 is 0. The van der Waals surface area contributed by atoms with Crippen molar-refractivity contribution in [1.82, 2.24) is 9.88 Å². The molecule has 0 saturated carbocycles. The van der Waals surface area contributed by atoms with Crippen molar-refractivity contribution in [3.8, 4) is 5.75 Å². The molecule has 0 radical (unpaired) electrons. The van der Waals surface area contributed by atoms with E-state index in [0.29, 0.717) is 17.7 Å². The van der Waals surface area contributed by atoms with Gasteiger partial charge >= 0.3 is 0 Å². The van der Waals surface area contributed by atoms with Crippen LogP contribution in [0.25, 0.3) is 16.7 Å². The molecule has 1 amide bonds. The average molecular weight is 485 g/mol. The molecular formula is C29H25FN2O4. The standard InChI is InChI=1S/C29H25FN2O4/c1-17-7-9-18(10-8-17)27(33)25-26(21-5-3-4-6-23(21)30)32(29(35)28(25)34)14-13-19-16-31-24-12-11-20(36-2)15-22(19)24/h3-12,15-16,26,31,33H,13-14H2,1-2H3/t26-/m0/s1. The highest BCUT2D eigenvalue weighted by Crippen LogP contribution is 2.40. The molecule has 36 heavy (non-hydrogen) atoms. The van der Waals surface area contributed by atoms with Crippen LogP contribution < -0.4 is 4.74 Å². The van der Waals surface area contributed by atoms with E-state index in [-0.39, 0.29) is 23.4 Å². The number of aliphatic hydroxyl groups is 1. The molecule has 2 heterocycles. The third-order valence-corrected chi connectivity index (χ3v) is 6.66. The molecule has 6 nitrogen and oxygen atoms in total. The second-order valence-electron chi connectivity index (χ2n) is 8.86. The van der Waals surface area contributed by atoms with Crippen LogP contribution in [0.5, 0.6) is 5.75 Å². The van der Waals surface area contributed by atoms with Crippen LogP contribution in [0.3, 0.4) is 0 Å². The minimum atomic E-state index is -1.05. The van der Waals surface area contributed by atoms with Crippen molar-refractivity contribution >= 4 is 28.4 Å². The van der Waals surface area contributed by atoms with E-state index < -0.39 is 23.5 Å². The van der Waals surface area contributed by atoms with Crippen LogP contribution in [0.1, 0.15) is 28.3 Å². The Kier molecular flexibility index (Phi) is 6.06. The molecule has 0 bridgehead atoms. The van der Waals surface area contributed by atoms with E-state index in [0.717, 1.165) is 22.0 Å². The molecule has 0 spiro atoms. The number of carbonyl (C=O) groups excluding carboxylic acids is 2. The van der Waals surface area contributed by atoms with Gasteiger partial charge in [-0.25, -0.2) is 4.39 Å². The predicted molar refractivity (Wildman–Crippen MR) is 135 cm³/mol. The van der Waals surface area contributed by atoms with Gasteiger partial charge in [0.2, 0.25) is 0 Å². The minimum absolute atomic E-state index is 0.116. The fourth-order valence-corrected chi connectivity index (χ4v) is 4.73. The van der Waals surface area contributed by atoms with Gasteiger partial charge in [0.15, 0.2) is 0 Å². The number of rotatable bonds is 6. The number of fused-ring (bicyclic) bond motifs is 1. The van der Waals surface area contributed by atoms with Crippen molar-refractivity contribution in [2.24, 2.45) is 0 Å². The molecule has 1 fully saturated rings. The number of hydrogen-bond acceptors (Lipinski definition) is 4. The highest BCUT2D eigenvalue weighted by molar-refractivity contribution is 6.46. The predicted octanol–water partition coefficient (Wildman–Crippen LogP) is 5.29. The second-order valence-corrected chi connectivity index (χ2v) is 8.86. The number of ether oxygens (including phenoxy) is 1. The first-order chi connectivity index (χ1) is 17.4. The molecule has 1 aromatic heterocycles. The molecule has 1 atom stereocenters. The fraction of sp³-hybridized carbons (Fsp3) is 0.172. The van der Waals surface area contributed by atoms with E-state index in [1.165, 1.54) is 17.0 Å². The second kappa shape index (κ2) is 9.34. The lowest BCUT2D eigenvalue weighted by Crippen LogP contribution is -2.32. The van der Waals surface area contributed by atoms with Gasteiger partial charge in [-0.2, -0.15) is 0 Å². The maximum Gasteiger partial charge on any atom is 0.295 e. The van der Waals surface area contributed by atoms with Crippen molar-refractivity contribution in [3.05, 3.63) is 107 Å². The van der Waals surface area contributed by atoms with Gasteiger partial charge in [-0.3, -0.25) is 9.59 Å². The molecule has 2 N–H and O–H groups in total. The summed E-state index contributed by atoms with van der Waals surface area (Å²) in [5, 5.41) is 12.1. The summed E-state index contributed by atoms with van der Waals surface area (Å²) in [7, 11) is 1.59. The number of hydrogen-bond donors (Lipinski definition) is 2. The summed E-state index contributed by atoms with van der Waals surface area (Å²) in [6.07, 6.45) is 2.26. The van der Waals surface area contributed by atoms with Gasteiger partial charge in [-0.05, 0) is 43.2 Å². The van der Waals surface area contributed by atoms with Crippen molar-refractivity contribution in [2.45, 2.75) is 19.4 Å². The number of halogens is 1. The molecular weight excluding hydrogens is 459 g/mol. The van der Waals surface area contributed by atoms with E-state index in [2.05, 4.69) is 4.98 Å². The molecule has 0 aliphatic carbocycles. The number of carbonyl (C=O) groups is 2. The quantitative estimate of drug-likeness (QED) is 0.221. The highest BCUT2D eigenvalue weighted by Gasteiger charge is 2.46. The molecule has 3 aromatic carbocycles. The number of likely N-dealkylation sites (tertiary alicyclic amines) is 1. The first-order valence-corrected chi connectivity index (χ1v) is 11.6. The van der Waals surface area contributed by atoms with E-state index in [9.17, 15) is 19.1 Å². The first kappa shape index (κ1) is 23.4. The Bertz CT molecular complexity index is 1500. The summed E-state index contributed by atoms with van der Waals surface area (Å²) in [5.74, 6) is -1.77. The van der Waals surface area contributed by atoms with Crippen LogP contribution in [-0.2, 0) is 16.0 Å². The van der Waals surface area contributed by atoms with Gasteiger partial charge in [-0.15, -0.1) is 0 Å². The zero-order valence-corrected chi connectivity index (χ0v) is 19.9. The number of aryl methyl sites for hydroxylation is 1. The van der Waals surface area contributed by atoms with E-state index >= 15 is 0 Å². The SMILES string of the molecule is COc1ccc2[nH]cc(CCN3C(=O)C(=O)C(=C(O)c4ccc(C)cc4)[C@@H]3c3ccccc3F)c2c1. The molecule has 4 aromatic rings. The Morgan fingerprint density at radius 3 is 2.56 bits per heavy atom. The van der Waals surface area contributed by atoms with Gasteiger partial charge in [0.1, 0.15) is 17.3 Å². The summed E-state index contributed by atoms with van der Waals surface area (Å²) in [4.78, 5) is 31.0. The van der Waals surface area contributed by atoms with Crippen molar-refractivity contribution in [3.63, 3.8) is 0 Å². The zero-order chi connectivity index (χ0) is 25.4. The number of methoxy groups -OCH3 is 1. The summed E-state index contributed by atoms with van der Waals surface area (Å²) in [6.45, 7) is 2.06. The van der Waals surface area contributed by atoms with Crippen molar-refractivity contribution < 1.29 is 23.8 Å². The van der Waals surface area contributed by atoms with E-state index in [1.54, 1.807) is 43.5 Å².